The fraction of sp³-hybridized carbons (Fsp3) is 0.500. The van der Waals surface area contributed by atoms with Crippen molar-refractivity contribution in [2.24, 2.45) is 5.92 Å². The molecule has 1 aromatic carbocycles. The molecule has 1 saturated heterocycles. The molecule has 20 heavy (non-hydrogen) atoms. The Balaban J connectivity index is 2.10. The molecule has 0 saturated carbocycles. The number of hydrogen-bond acceptors (Lipinski definition) is 2. The normalized spacial score (nSPS) is 17.8. The average Bonchev–Trinajstić information content (AvgIpc) is 2.44. The van der Waals surface area contributed by atoms with Crippen LogP contribution in [0.25, 0.3) is 0 Å². The van der Waals surface area contributed by atoms with E-state index in [0.29, 0.717) is 10.6 Å². The molecular weight excluding hydrogens is 302 g/mol. The highest BCUT2D eigenvalue weighted by molar-refractivity contribution is 6.36. The first-order valence-corrected chi connectivity index (χ1v) is 7.40. The maximum absolute atomic E-state index is 13.5. The highest BCUT2D eigenvalue weighted by Gasteiger charge is 2.24. The summed E-state index contributed by atoms with van der Waals surface area (Å²) in [6.07, 6.45) is 1.62. The van der Waals surface area contributed by atoms with E-state index in [1.54, 1.807) is 6.92 Å². The van der Waals surface area contributed by atoms with Crippen LogP contribution in [-0.4, -0.2) is 19.0 Å². The van der Waals surface area contributed by atoms with Gasteiger partial charge in [0.15, 0.2) is 0 Å². The van der Waals surface area contributed by atoms with Gasteiger partial charge in [0, 0.05) is 16.5 Å². The minimum atomic E-state index is -0.533. The Bertz CT molecular complexity index is 504. The van der Waals surface area contributed by atoms with Gasteiger partial charge in [0.05, 0.1) is 11.1 Å². The van der Waals surface area contributed by atoms with Gasteiger partial charge in [-0.05, 0) is 45.0 Å². The first-order valence-electron chi connectivity index (χ1n) is 6.65. The molecule has 1 unspecified atom stereocenters. The fourth-order valence-electron chi connectivity index (χ4n) is 2.43. The van der Waals surface area contributed by atoms with E-state index in [9.17, 15) is 9.18 Å². The van der Waals surface area contributed by atoms with E-state index in [1.165, 1.54) is 12.1 Å². The number of piperidine rings is 1. The van der Waals surface area contributed by atoms with Gasteiger partial charge in [-0.25, -0.2) is 4.39 Å². The lowest BCUT2D eigenvalue weighted by molar-refractivity contribution is -0.126. The van der Waals surface area contributed by atoms with Crippen molar-refractivity contribution in [3.8, 4) is 0 Å². The first-order chi connectivity index (χ1) is 9.50. The maximum atomic E-state index is 13.5. The Hall–Kier alpha value is -0.840. The Kier molecular flexibility index (Phi) is 5.24. The second-order valence-corrected chi connectivity index (χ2v) is 5.80. The fourth-order valence-corrected chi connectivity index (χ4v) is 3.13. The largest absolute Gasteiger partial charge is 0.349 e. The summed E-state index contributed by atoms with van der Waals surface area (Å²) in [5.41, 5.74) is 0.426. The summed E-state index contributed by atoms with van der Waals surface area (Å²) < 4.78 is 13.5. The zero-order valence-corrected chi connectivity index (χ0v) is 12.7. The SMILES string of the molecule is CC(NC(=O)C1CCNCC1)c1c(Cl)ccc(F)c1Cl. The van der Waals surface area contributed by atoms with Gasteiger partial charge in [0.2, 0.25) is 5.91 Å². The quantitative estimate of drug-likeness (QED) is 0.839. The zero-order valence-electron chi connectivity index (χ0n) is 11.2. The van der Waals surface area contributed by atoms with Crippen LogP contribution >= 0.6 is 23.2 Å². The monoisotopic (exact) mass is 318 g/mol. The number of halogens is 3. The van der Waals surface area contributed by atoms with Crippen molar-refractivity contribution in [2.75, 3.05) is 13.1 Å². The number of amides is 1. The summed E-state index contributed by atoms with van der Waals surface area (Å²) in [6.45, 7) is 3.44. The van der Waals surface area contributed by atoms with E-state index in [4.69, 9.17) is 23.2 Å². The van der Waals surface area contributed by atoms with E-state index >= 15 is 0 Å². The summed E-state index contributed by atoms with van der Waals surface area (Å²) in [5, 5.41) is 6.41. The minimum absolute atomic E-state index is 0.00943. The molecule has 1 aromatic rings. The van der Waals surface area contributed by atoms with Crippen molar-refractivity contribution in [1.82, 2.24) is 10.6 Å². The van der Waals surface area contributed by atoms with Gasteiger partial charge < -0.3 is 10.6 Å². The van der Waals surface area contributed by atoms with Crippen LogP contribution < -0.4 is 10.6 Å². The van der Waals surface area contributed by atoms with E-state index in [1.807, 2.05) is 0 Å². The molecule has 6 heteroatoms. The van der Waals surface area contributed by atoms with Gasteiger partial charge in [-0.1, -0.05) is 23.2 Å². The van der Waals surface area contributed by atoms with Crippen LogP contribution in [0.3, 0.4) is 0 Å². The first kappa shape index (κ1) is 15.5. The van der Waals surface area contributed by atoms with Crippen LogP contribution in [-0.2, 0) is 4.79 Å². The molecule has 0 aromatic heterocycles. The molecule has 0 radical (unpaired) electrons. The smallest absolute Gasteiger partial charge is 0.223 e. The van der Waals surface area contributed by atoms with Crippen molar-refractivity contribution in [1.29, 1.82) is 0 Å². The van der Waals surface area contributed by atoms with Crippen LogP contribution in [0.5, 0.6) is 0 Å². The van der Waals surface area contributed by atoms with Crippen molar-refractivity contribution in [3.05, 3.63) is 33.6 Å². The second kappa shape index (κ2) is 6.74. The number of carbonyl (C=O) groups excluding carboxylic acids is 1. The van der Waals surface area contributed by atoms with Gasteiger partial charge in [-0.15, -0.1) is 0 Å². The molecule has 1 fully saturated rings. The standard InChI is InChI=1S/C14H17Cl2FN2O/c1-8(12-10(15)2-3-11(17)13(12)16)19-14(20)9-4-6-18-7-5-9/h2-3,8-9,18H,4-7H2,1H3,(H,19,20). The molecule has 1 aliphatic rings. The third-order valence-electron chi connectivity index (χ3n) is 3.58. The molecule has 0 bridgehead atoms. The van der Waals surface area contributed by atoms with Gasteiger partial charge in [0.1, 0.15) is 5.82 Å². The summed E-state index contributed by atoms with van der Waals surface area (Å²) in [7, 11) is 0. The third-order valence-corrected chi connectivity index (χ3v) is 4.29. The third kappa shape index (κ3) is 3.43. The van der Waals surface area contributed by atoms with Crippen molar-refractivity contribution in [2.45, 2.75) is 25.8 Å². The van der Waals surface area contributed by atoms with Crippen LogP contribution in [0, 0.1) is 11.7 Å². The molecule has 1 aliphatic heterocycles. The molecule has 1 amide bonds. The summed E-state index contributed by atoms with van der Waals surface area (Å²) in [4.78, 5) is 12.2. The highest BCUT2D eigenvalue weighted by atomic mass is 35.5. The minimum Gasteiger partial charge on any atom is -0.349 e. The molecular formula is C14H17Cl2FN2O. The predicted molar refractivity (Wildman–Crippen MR) is 78.6 cm³/mol. The average molecular weight is 319 g/mol. The van der Waals surface area contributed by atoms with Crippen LogP contribution in [0.2, 0.25) is 10.0 Å². The summed E-state index contributed by atoms with van der Waals surface area (Å²) >= 11 is 12.0. The molecule has 0 aliphatic carbocycles. The molecule has 2 rings (SSSR count). The Morgan fingerprint density at radius 2 is 2.05 bits per heavy atom. The van der Waals surface area contributed by atoms with Crippen molar-refractivity contribution < 1.29 is 9.18 Å². The van der Waals surface area contributed by atoms with E-state index in [2.05, 4.69) is 10.6 Å². The number of rotatable bonds is 3. The zero-order chi connectivity index (χ0) is 14.7. The number of nitrogens with one attached hydrogen (secondary N) is 2. The topological polar surface area (TPSA) is 41.1 Å². The number of benzene rings is 1. The Morgan fingerprint density at radius 1 is 1.40 bits per heavy atom. The van der Waals surface area contributed by atoms with Gasteiger partial charge >= 0.3 is 0 Å². The molecule has 0 spiro atoms. The molecule has 3 nitrogen and oxygen atoms in total. The van der Waals surface area contributed by atoms with Crippen molar-refractivity contribution >= 4 is 29.1 Å². The summed E-state index contributed by atoms with van der Waals surface area (Å²) in [6, 6.07) is 2.24. The van der Waals surface area contributed by atoms with E-state index in [-0.39, 0.29) is 16.8 Å². The van der Waals surface area contributed by atoms with Gasteiger partial charge in [-0.3, -0.25) is 4.79 Å². The number of hydrogen-bond donors (Lipinski definition) is 2. The maximum Gasteiger partial charge on any atom is 0.223 e. The van der Waals surface area contributed by atoms with Gasteiger partial charge in [0.25, 0.3) is 0 Å². The van der Waals surface area contributed by atoms with Gasteiger partial charge in [-0.2, -0.15) is 0 Å². The predicted octanol–water partition coefficient (Wildman–Crippen LogP) is 3.31. The van der Waals surface area contributed by atoms with Crippen LogP contribution in [0.1, 0.15) is 31.4 Å². The Morgan fingerprint density at radius 3 is 2.70 bits per heavy atom. The summed E-state index contributed by atoms with van der Waals surface area (Å²) in [5.74, 6) is -0.575. The number of carbonyl (C=O) groups is 1. The van der Waals surface area contributed by atoms with E-state index in [0.717, 1.165) is 25.9 Å². The van der Waals surface area contributed by atoms with Crippen molar-refractivity contribution in [3.63, 3.8) is 0 Å². The lowest BCUT2D eigenvalue weighted by Gasteiger charge is -2.24. The molecule has 2 N–H and O–H groups in total. The lowest BCUT2D eigenvalue weighted by Crippen LogP contribution is -2.39. The second-order valence-electron chi connectivity index (χ2n) is 5.01. The molecule has 110 valence electrons. The van der Waals surface area contributed by atoms with Crippen LogP contribution in [0.4, 0.5) is 4.39 Å². The Labute approximate surface area is 127 Å². The lowest BCUT2D eigenvalue weighted by atomic mass is 9.96. The van der Waals surface area contributed by atoms with Crippen LogP contribution in [0.15, 0.2) is 12.1 Å². The highest BCUT2D eigenvalue weighted by Crippen LogP contribution is 2.32. The van der Waals surface area contributed by atoms with E-state index < -0.39 is 11.9 Å². The molecule has 1 atom stereocenters. The molecule has 1 heterocycles.